The van der Waals surface area contributed by atoms with E-state index in [1.807, 2.05) is 21.1 Å². The first-order chi connectivity index (χ1) is 41.0. The maximum absolute atomic E-state index is 12.9. The lowest BCUT2D eigenvalue weighted by Crippen LogP contribution is -2.37. The number of unbranched alkanes of at least 4 members (excludes halogenated alkanes) is 37. The Morgan fingerprint density at radius 2 is 0.679 bits per heavy atom. The molecule has 0 bridgehead atoms. The van der Waals surface area contributed by atoms with Crippen molar-refractivity contribution >= 4 is 19.8 Å². The first kappa shape index (κ1) is 81.2. The van der Waals surface area contributed by atoms with Crippen molar-refractivity contribution in [1.29, 1.82) is 0 Å². The van der Waals surface area contributed by atoms with Crippen molar-refractivity contribution in [2.24, 2.45) is 0 Å². The number of hydrogen-bond donors (Lipinski definition) is 1. The van der Waals surface area contributed by atoms with E-state index in [-0.39, 0.29) is 32.0 Å². The molecule has 84 heavy (non-hydrogen) atoms. The van der Waals surface area contributed by atoms with Gasteiger partial charge in [-0.25, -0.2) is 4.57 Å². The molecule has 0 saturated carbocycles. The lowest BCUT2D eigenvalue weighted by molar-refractivity contribution is -0.870. The van der Waals surface area contributed by atoms with Gasteiger partial charge in [0.15, 0.2) is 6.10 Å². The fourth-order valence-corrected chi connectivity index (χ4v) is 10.8. The Morgan fingerprint density at radius 3 is 1.01 bits per heavy atom. The predicted octanol–water partition coefficient (Wildman–Crippen LogP) is 22.9. The molecule has 9 nitrogen and oxygen atoms in total. The summed E-state index contributed by atoms with van der Waals surface area (Å²) in [5, 5.41) is 0. The Morgan fingerprint density at radius 1 is 0.381 bits per heavy atom. The summed E-state index contributed by atoms with van der Waals surface area (Å²) in [6.45, 7) is 4.34. The van der Waals surface area contributed by atoms with Gasteiger partial charge in [-0.15, -0.1) is 0 Å². The second-order valence-corrected chi connectivity index (χ2v) is 26.4. The molecule has 0 aromatic carbocycles. The van der Waals surface area contributed by atoms with Gasteiger partial charge in [0.2, 0.25) is 0 Å². The molecule has 0 radical (unpaired) electrons. The molecule has 0 aliphatic heterocycles. The Kier molecular flexibility index (Phi) is 62.5. The van der Waals surface area contributed by atoms with Crippen LogP contribution in [0.2, 0.25) is 0 Å². The SMILES string of the molecule is CC/C=C\C/C=C\C/C=C\C/C=C\C/C=C\C/C=C\C/C=C\CCCCCCCC(=O)OC(COC(=O)CCCCCCCCCCCCCCCCCCCCCCCCCCCCCCCCCCC)COP(=O)(O)OCC[N+](C)(C)C. The largest absolute Gasteiger partial charge is 0.472 e. The van der Waals surface area contributed by atoms with Crippen molar-refractivity contribution in [2.75, 3.05) is 47.5 Å². The third-order valence-electron chi connectivity index (χ3n) is 15.4. The second-order valence-electron chi connectivity index (χ2n) is 24.9. The smallest absolute Gasteiger partial charge is 0.462 e. The van der Waals surface area contributed by atoms with Crippen molar-refractivity contribution in [3.8, 4) is 0 Å². The third kappa shape index (κ3) is 68.3. The van der Waals surface area contributed by atoms with Crippen LogP contribution in [0.15, 0.2) is 85.1 Å². The number of allylic oxidation sites excluding steroid dienone is 14. The fraction of sp³-hybridized carbons (Fsp3) is 0.784. The normalized spacial score (nSPS) is 13.6. The van der Waals surface area contributed by atoms with E-state index in [1.165, 1.54) is 193 Å². The molecule has 1 N–H and O–H groups in total. The fourth-order valence-electron chi connectivity index (χ4n) is 10.1. The molecule has 2 atom stereocenters. The molecule has 0 saturated heterocycles. The van der Waals surface area contributed by atoms with Gasteiger partial charge in [-0.2, -0.15) is 0 Å². The van der Waals surface area contributed by atoms with Crippen LogP contribution in [0.5, 0.6) is 0 Å². The molecule has 0 heterocycles. The lowest BCUT2D eigenvalue weighted by Gasteiger charge is -2.24. The summed E-state index contributed by atoms with van der Waals surface area (Å²) in [4.78, 5) is 35.9. The molecule has 0 rings (SSSR count). The zero-order chi connectivity index (χ0) is 61.2. The molecule has 0 fully saturated rings. The van der Waals surface area contributed by atoms with Crippen LogP contribution in [0.25, 0.3) is 0 Å². The summed E-state index contributed by atoms with van der Waals surface area (Å²) in [6, 6.07) is 0. The Bertz CT molecular complexity index is 1690. The standard InChI is InChI=1S/C74H134NO8P/c1-6-8-10-12-14-16-18-20-22-24-26-28-30-32-34-35-36-37-38-39-41-42-44-46-48-50-52-54-56-58-60-62-64-66-73(76)80-70-72(71-82-84(78,79)81-69-68-75(3,4)5)83-74(77)67-65-63-61-59-57-55-53-51-49-47-45-43-40-33-31-29-27-25-23-21-19-17-15-13-11-9-7-2/h9,11,15,17,21,23,27,29,33,40,45,47,51,53,72H,6-8,10,12-14,16,18-20,22,24-26,28,30-32,34-39,41-44,46,48-50,52,54-71H2,1-5H3/p+1/b11-9-,17-15-,23-21-,29-27-,40-33-,47-45-,53-51-. The van der Waals surface area contributed by atoms with E-state index in [0.29, 0.717) is 17.4 Å². The van der Waals surface area contributed by atoms with Crippen LogP contribution in [0, 0.1) is 0 Å². The lowest BCUT2D eigenvalue weighted by atomic mass is 10.0. The highest BCUT2D eigenvalue weighted by atomic mass is 31.2. The molecule has 0 aromatic rings. The van der Waals surface area contributed by atoms with Gasteiger partial charge in [-0.05, 0) is 70.6 Å². The van der Waals surface area contributed by atoms with Gasteiger partial charge in [-0.1, -0.05) is 324 Å². The summed E-state index contributed by atoms with van der Waals surface area (Å²) >= 11 is 0. The Balaban J connectivity index is 4.05. The molecule has 0 amide bonds. The number of phosphoric ester groups is 1. The van der Waals surface area contributed by atoms with Gasteiger partial charge >= 0.3 is 19.8 Å². The van der Waals surface area contributed by atoms with Crippen molar-refractivity contribution in [3.05, 3.63) is 85.1 Å². The molecule has 0 aliphatic carbocycles. The van der Waals surface area contributed by atoms with Gasteiger partial charge in [-0.3, -0.25) is 18.6 Å². The molecule has 0 aliphatic rings. The van der Waals surface area contributed by atoms with Crippen LogP contribution in [0.1, 0.15) is 322 Å². The van der Waals surface area contributed by atoms with E-state index in [9.17, 15) is 19.0 Å². The minimum atomic E-state index is -4.40. The number of carbonyl (C=O) groups is 2. The zero-order valence-corrected chi connectivity index (χ0v) is 56.5. The highest BCUT2D eigenvalue weighted by Crippen LogP contribution is 2.43. The number of esters is 2. The van der Waals surface area contributed by atoms with Crippen molar-refractivity contribution in [1.82, 2.24) is 0 Å². The number of hydrogen-bond acceptors (Lipinski definition) is 7. The zero-order valence-electron chi connectivity index (χ0n) is 55.6. The summed E-state index contributed by atoms with van der Waals surface area (Å²) in [7, 11) is 1.46. The van der Waals surface area contributed by atoms with Crippen LogP contribution in [-0.2, 0) is 32.7 Å². The van der Waals surface area contributed by atoms with Gasteiger partial charge < -0.3 is 18.9 Å². The monoisotopic (exact) mass is 1200 g/mol. The molecule has 10 heteroatoms. The highest BCUT2D eigenvalue weighted by molar-refractivity contribution is 7.47. The first-order valence-electron chi connectivity index (χ1n) is 35.3. The highest BCUT2D eigenvalue weighted by Gasteiger charge is 2.27. The number of rotatable bonds is 65. The van der Waals surface area contributed by atoms with Crippen LogP contribution < -0.4 is 0 Å². The first-order valence-corrected chi connectivity index (χ1v) is 36.8. The van der Waals surface area contributed by atoms with Crippen LogP contribution >= 0.6 is 7.82 Å². The Labute approximate surface area is 520 Å². The minimum absolute atomic E-state index is 0.0249. The summed E-state index contributed by atoms with van der Waals surface area (Å²) < 4.78 is 34.7. The summed E-state index contributed by atoms with van der Waals surface area (Å²) in [5.74, 6) is -0.811. The van der Waals surface area contributed by atoms with E-state index < -0.39 is 26.5 Å². The van der Waals surface area contributed by atoms with Crippen LogP contribution in [-0.4, -0.2) is 74.9 Å². The molecular formula is C74H135NO8P+. The molecule has 2 unspecified atom stereocenters. The third-order valence-corrected chi connectivity index (χ3v) is 16.4. The van der Waals surface area contributed by atoms with E-state index in [4.69, 9.17) is 18.5 Å². The number of ether oxygens (including phenoxy) is 2. The van der Waals surface area contributed by atoms with Gasteiger partial charge in [0, 0.05) is 12.8 Å². The average Bonchev–Trinajstić information content (AvgIpc) is 3.61. The predicted molar refractivity (Wildman–Crippen MR) is 362 cm³/mol. The van der Waals surface area contributed by atoms with Gasteiger partial charge in [0.05, 0.1) is 27.7 Å². The van der Waals surface area contributed by atoms with E-state index in [0.717, 1.165) is 96.3 Å². The second kappa shape index (κ2) is 64.7. The van der Waals surface area contributed by atoms with Crippen molar-refractivity contribution in [2.45, 2.75) is 328 Å². The van der Waals surface area contributed by atoms with Gasteiger partial charge in [0.1, 0.15) is 19.8 Å². The summed E-state index contributed by atoms with van der Waals surface area (Å²) in [6.07, 6.45) is 88.4. The van der Waals surface area contributed by atoms with Crippen LogP contribution in [0.4, 0.5) is 0 Å². The Hall–Kier alpha value is -2.81. The quantitative estimate of drug-likeness (QED) is 0.0211. The maximum Gasteiger partial charge on any atom is 0.472 e. The molecule has 488 valence electrons. The molecular weight excluding hydrogens is 1060 g/mol. The maximum atomic E-state index is 12.9. The van der Waals surface area contributed by atoms with Gasteiger partial charge in [0.25, 0.3) is 0 Å². The van der Waals surface area contributed by atoms with E-state index in [2.05, 4.69) is 98.9 Å². The van der Waals surface area contributed by atoms with E-state index >= 15 is 0 Å². The van der Waals surface area contributed by atoms with E-state index in [1.54, 1.807) is 0 Å². The number of nitrogens with zero attached hydrogens (tertiary/aromatic N) is 1. The molecule has 0 spiro atoms. The average molecular weight is 1200 g/mol. The van der Waals surface area contributed by atoms with Crippen molar-refractivity contribution < 1.29 is 42.1 Å². The van der Waals surface area contributed by atoms with Crippen LogP contribution in [0.3, 0.4) is 0 Å². The van der Waals surface area contributed by atoms with Crippen molar-refractivity contribution in [3.63, 3.8) is 0 Å². The number of quaternary nitrogens is 1. The number of phosphoric acid groups is 1. The molecule has 0 aromatic heterocycles. The number of carbonyl (C=O) groups excluding carboxylic acids is 2. The number of likely N-dealkylation sites (N-methyl/N-ethyl adjacent to an activating group) is 1. The topological polar surface area (TPSA) is 108 Å². The summed E-state index contributed by atoms with van der Waals surface area (Å²) in [5.41, 5.74) is 0. The minimum Gasteiger partial charge on any atom is -0.462 e.